The first-order valence-electron chi connectivity index (χ1n) is 3.17. The van der Waals surface area contributed by atoms with Crippen LogP contribution in [0.5, 0.6) is 0 Å². The van der Waals surface area contributed by atoms with Crippen LogP contribution in [0.2, 0.25) is 0 Å². The van der Waals surface area contributed by atoms with E-state index in [1.54, 1.807) is 0 Å². The van der Waals surface area contributed by atoms with E-state index in [2.05, 4.69) is 20.5 Å². The monoisotopic (exact) mass is 260 g/mol. The molecule has 0 bridgehead atoms. The molecular weight excluding hydrogens is 249 g/mol. The van der Waals surface area contributed by atoms with Crippen LogP contribution in [0.3, 0.4) is 0 Å². The average molecular weight is 262 g/mol. The average Bonchev–Trinajstić information content (AvgIpc) is 1.93. The van der Waals surface area contributed by atoms with E-state index in [1.807, 2.05) is 6.92 Å². The molecule has 4 heteroatoms. The van der Waals surface area contributed by atoms with Crippen molar-refractivity contribution in [3.05, 3.63) is 6.92 Å². The van der Waals surface area contributed by atoms with Crippen LogP contribution in [0.15, 0.2) is 0 Å². The molecule has 0 rings (SSSR count). The summed E-state index contributed by atoms with van der Waals surface area (Å²) < 4.78 is 4.80. The van der Waals surface area contributed by atoms with Crippen molar-refractivity contribution >= 4 is 13.6 Å². The molecule has 1 N–H and O–H groups in total. The summed E-state index contributed by atoms with van der Waals surface area (Å²) in [6, 6.07) is 0. The van der Waals surface area contributed by atoms with Crippen molar-refractivity contribution in [1.82, 2.24) is 0 Å². The third kappa shape index (κ3) is 11.8. The van der Waals surface area contributed by atoms with E-state index in [0.717, 1.165) is 6.42 Å². The van der Waals surface area contributed by atoms with Crippen LogP contribution in [0.25, 0.3) is 0 Å². The Morgan fingerprint density at radius 2 is 2.20 bits per heavy atom. The topological polar surface area (TPSA) is 29.5 Å². The van der Waals surface area contributed by atoms with E-state index < -0.39 is 6.29 Å². The van der Waals surface area contributed by atoms with Crippen molar-refractivity contribution in [3.8, 4) is 0 Å². The molecule has 10 heavy (non-hydrogen) atoms. The van der Waals surface area contributed by atoms with Gasteiger partial charge in [-0.25, -0.2) is 0 Å². The second-order valence-electron chi connectivity index (χ2n) is 1.55. The van der Waals surface area contributed by atoms with Crippen molar-refractivity contribution in [2.45, 2.75) is 26.1 Å². The summed E-state index contributed by atoms with van der Waals surface area (Å²) in [5.41, 5.74) is 0. The molecule has 1 unspecified atom stereocenters. The molecule has 0 saturated carbocycles. The fourth-order valence-corrected chi connectivity index (χ4v) is 0.450. The molecule has 0 saturated heterocycles. The quantitative estimate of drug-likeness (QED) is 0.475. The SMILES string of the molecule is [CH2-]CCC(O)OCC.[Zn+][Br]. The predicted molar refractivity (Wildman–Crippen MR) is 41.2 cm³/mol. The third-order valence-corrected chi connectivity index (χ3v) is 0.810. The van der Waals surface area contributed by atoms with Crippen LogP contribution in [0.1, 0.15) is 19.8 Å². The minimum absolute atomic E-state index is 0.571. The van der Waals surface area contributed by atoms with Crippen molar-refractivity contribution in [2.24, 2.45) is 0 Å². The third-order valence-electron chi connectivity index (χ3n) is 0.810. The summed E-state index contributed by atoms with van der Waals surface area (Å²) in [5.74, 6) is 0. The number of hydrogen-bond donors (Lipinski definition) is 1. The van der Waals surface area contributed by atoms with Gasteiger partial charge in [-0.15, -0.1) is 0 Å². The molecule has 0 aromatic rings. The van der Waals surface area contributed by atoms with Gasteiger partial charge in [0.1, 0.15) is 0 Å². The van der Waals surface area contributed by atoms with Crippen molar-refractivity contribution < 1.29 is 26.2 Å². The summed E-state index contributed by atoms with van der Waals surface area (Å²) in [4.78, 5) is 0. The van der Waals surface area contributed by atoms with Gasteiger partial charge < -0.3 is 16.8 Å². The zero-order valence-corrected chi connectivity index (χ0v) is 10.9. The molecule has 0 heterocycles. The molecule has 0 aromatic heterocycles. The van der Waals surface area contributed by atoms with E-state index in [4.69, 9.17) is 9.84 Å². The summed E-state index contributed by atoms with van der Waals surface area (Å²) >= 11 is 4.25. The fourth-order valence-electron chi connectivity index (χ4n) is 0.450. The Hall–Kier alpha value is 1.02. The van der Waals surface area contributed by atoms with E-state index in [1.165, 1.54) is 16.3 Å². The Kier molecular flexibility index (Phi) is 17.2. The van der Waals surface area contributed by atoms with Gasteiger partial charge in [0.15, 0.2) is 6.29 Å². The Bertz CT molecular complexity index is 49.0. The molecule has 0 amide bonds. The summed E-state index contributed by atoms with van der Waals surface area (Å²) in [7, 11) is 0. The van der Waals surface area contributed by atoms with Gasteiger partial charge in [0.05, 0.1) is 0 Å². The van der Waals surface area contributed by atoms with E-state index >= 15 is 0 Å². The molecule has 0 radical (unpaired) electrons. The second-order valence-corrected chi connectivity index (χ2v) is 1.55. The van der Waals surface area contributed by atoms with Gasteiger partial charge in [-0.3, -0.25) is 0 Å². The maximum atomic E-state index is 8.79. The predicted octanol–water partition coefficient (Wildman–Crippen LogP) is 1.80. The molecule has 1 atom stereocenters. The Balaban J connectivity index is 0. The van der Waals surface area contributed by atoms with Crippen molar-refractivity contribution in [3.63, 3.8) is 0 Å². The molecule has 0 aromatic carbocycles. The number of rotatable bonds is 4. The molecular formula is C6H13BrO2Zn. The molecule has 58 valence electrons. The van der Waals surface area contributed by atoms with Crippen molar-refractivity contribution in [2.75, 3.05) is 6.61 Å². The number of aliphatic hydroxyl groups excluding tert-OH is 1. The first-order chi connectivity index (χ1) is 4.81. The van der Waals surface area contributed by atoms with Gasteiger partial charge in [0.2, 0.25) is 0 Å². The zero-order chi connectivity index (χ0) is 8.41. The van der Waals surface area contributed by atoms with Crippen LogP contribution in [0, 0.1) is 6.92 Å². The Morgan fingerprint density at radius 1 is 1.70 bits per heavy atom. The Morgan fingerprint density at radius 3 is 2.50 bits per heavy atom. The van der Waals surface area contributed by atoms with Gasteiger partial charge >= 0.3 is 30.0 Å². The van der Waals surface area contributed by atoms with Gasteiger partial charge in [-0.05, 0) is 13.3 Å². The number of hydrogen-bond acceptors (Lipinski definition) is 2. The summed E-state index contributed by atoms with van der Waals surface area (Å²) in [6.07, 6.45) is 0.757. The molecule has 0 aliphatic heterocycles. The Labute approximate surface area is 79.4 Å². The van der Waals surface area contributed by atoms with Crippen LogP contribution in [-0.4, -0.2) is 18.0 Å². The molecule has 0 spiro atoms. The van der Waals surface area contributed by atoms with Gasteiger partial charge in [0, 0.05) is 6.61 Å². The zero-order valence-electron chi connectivity index (χ0n) is 6.35. The number of ether oxygens (including phenoxy) is 1. The molecule has 2 nitrogen and oxygen atoms in total. The summed E-state index contributed by atoms with van der Waals surface area (Å²) in [5, 5.41) is 8.79. The van der Waals surface area contributed by atoms with Crippen LogP contribution < -0.4 is 0 Å². The molecule has 0 aliphatic carbocycles. The normalized spacial score (nSPS) is 11.8. The van der Waals surface area contributed by atoms with Crippen molar-refractivity contribution in [1.29, 1.82) is 0 Å². The number of aliphatic hydroxyl groups is 1. The van der Waals surface area contributed by atoms with Gasteiger partial charge in [-0.2, -0.15) is 6.42 Å². The maximum absolute atomic E-state index is 8.79. The van der Waals surface area contributed by atoms with E-state index in [9.17, 15) is 0 Å². The first kappa shape index (κ1) is 13.6. The minimum atomic E-state index is -0.600. The van der Waals surface area contributed by atoms with Crippen LogP contribution in [-0.2, 0) is 21.1 Å². The van der Waals surface area contributed by atoms with E-state index in [-0.39, 0.29) is 0 Å². The van der Waals surface area contributed by atoms with E-state index in [0.29, 0.717) is 13.0 Å². The standard InChI is InChI=1S/C6H13O2.BrH.Zn/c1-3-5-6(7)8-4-2;;/h6-7H,1,3-5H2,2H3;1H;/q-1;;+2/p-1. The van der Waals surface area contributed by atoms with Gasteiger partial charge in [-0.1, -0.05) is 0 Å². The van der Waals surface area contributed by atoms with Crippen LogP contribution in [0.4, 0.5) is 0 Å². The summed E-state index contributed by atoms with van der Waals surface area (Å²) in [6.45, 7) is 5.99. The fraction of sp³-hybridized carbons (Fsp3) is 0.833. The first-order valence-corrected chi connectivity index (χ1v) is 10.1. The molecule has 0 fully saturated rings. The molecule has 0 aliphatic rings. The number of halogens is 1. The van der Waals surface area contributed by atoms with Gasteiger partial charge in [0.25, 0.3) is 0 Å². The van der Waals surface area contributed by atoms with Crippen LogP contribution >= 0.6 is 13.6 Å². The second kappa shape index (κ2) is 12.7.